The molecule has 2 aromatic rings. The van der Waals surface area contributed by atoms with Crippen LogP contribution in [-0.4, -0.2) is 30.2 Å². The molecule has 0 fully saturated rings. The van der Waals surface area contributed by atoms with Gasteiger partial charge in [-0.3, -0.25) is 0 Å². The van der Waals surface area contributed by atoms with Crippen molar-refractivity contribution < 1.29 is 34.8 Å². The Hall–Kier alpha value is -1.54. The van der Waals surface area contributed by atoms with Gasteiger partial charge in [-0.05, 0) is 54.1 Å². The van der Waals surface area contributed by atoms with Crippen molar-refractivity contribution in [2.24, 2.45) is 0 Å². The highest BCUT2D eigenvalue weighted by atomic mass is 32.7. The molecule has 6 N–H and O–H groups in total. The summed E-state index contributed by atoms with van der Waals surface area (Å²) in [6, 6.07) is 10.4. The summed E-state index contributed by atoms with van der Waals surface area (Å²) in [4.78, 5) is 18.1. The Morgan fingerprint density at radius 2 is 1.72 bits per heavy atom. The van der Waals surface area contributed by atoms with E-state index in [0.717, 1.165) is 5.56 Å². The molecule has 0 spiro atoms. The summed E-state index contributed by atoms with van der Waals surface area (Å²) < 4.78 is 11.2. The number of hydrogen-bond acceptors (Lipinski definition) is 6. The highest BCUT2D eigenvalue weighted by molar-refractivity contribution is 8.54. The smallest absolute Gasteiger partial charge is 0.388 e. The van der Waals surface area contributed by atoms with Crippen LogP contribution in [0.4, 0.5) is 0 Å². The van der Waals surface area contributed by atoms with E-state index >= 15 is 0 Å². The molecule has 0 heterocycles. The number of aromatic hydroxyl groups is 2. The summed E-state index contributed by atoms with van der Waals surface area (Å²) in [5, 5.41) is 40.1. The third-order valence-electron chi connectivity index (χ3n) is 3.52. The van der Waals surface area contributed by atoms with Gasteiger partial charge in [-0.15, -0.1) is 0 Å². The van der Waals surface area contributed by atoms with E-state index in [1.54, 1.807) is 18.2 Å². The fourth-order valence-corrected chi connectivity index (χ4v) is 4.48. The predicted octanol–water partition coefficient (Wildman–Crippen LogP) is 2.44. The van der Waals surface area contributed by atoms with E-state index in [4.69, 9.17) is 9.79 Å². The molecule has 0 aliphatic rings. The third-order valence-corrected chi connectivity index (χ3v) is 5.60. The zero-order valence-corrected chi connectivity index (χ0v) is 14.8. The Bertz CT molecular complexity index is 788. The Balaban J connectivity index is 2.17. The molecule has 0 unspecified atom stereocenters. The van der Waals surface area contributed by atoms with Gasteiger partial charge < -0.3 is 30.2 Å². The minimum absolute atomic E-state index is 0.101. The van der Waals surface area contributed by atoms with Crippen LogP contribution < -0.4 is 0 Å². The van der Waals surface area contributed by atoms with Crippen LogP contribution in [0.25, 0.3) is 0 Å². The number of phenols is 2. The summed E-state index contributed by atoms with van der Waals surface area (Å²) >= 11 is 0.154. The average Bonchev–Trinajstić information content (AvgIpc) is 2.45. The summed E-state index contributed by atoms with van der Waals surface area (Å²) in [5.41, 5.74) is 0.470. The van der Waals surface area contributed by atoms with Crippen molar-refractivity contribution in [3.8, 4) is 11.5 Å². The van der Waals surface area contributed by atoms with E-state index in [1.807, 2.05) is 0 Å². The topological polar surface area (TPSA) is 138 Å². The number of hydrogen-bond donors (Lipinski definition) is 6. The maximum Gasteiger partial charge on any atom is 0.388 e. The predicted molar refractivity (Wildman–Crippen MR) is 93.2 cm³/mol. The van der Waals surface area contributed by atoms with Gasteiger partial charge >= 0.3 is 6.80 Å². The Morgan fingerprint density at radius 1 is 1.04 bits per heavy atom. The molecular formula is C16H19O7PS. The first kappa shape index (κ1) is 19.8. The number of aliphatic hydroxyl groups is 2. The molecule has 0 atom stereocenters. The zero-order chi connectivity index (χ0) is 18.7. The van der Waals surface area contributed by atoms with Crippen LogP contribution in [0.5, 0.6) is 11.5 Å². The number of phenolic OH excluding ortho intramolecular Hbond substituents is 2. The lowest BCUT2D eigenvalue weighted by molar-refractivity contribution is -0.177. The first-order chi connectivity index (χ1) is 11.6. The second-order valence-electron chi connectivity index (χ2n) is 5.57. The molecule has 0 bridgehead atoms. The van der Waals surface area contributed by atoms with Crippen molar-refractivity contribution in [2.45, 2.75) is 29.9 Å². The maximum atomic E-state index is 11.2. The first-order valence-electron chi connectivity index (χ1n) is 7.39. The van der Waals surface area contributed by atoms with Crippen LogP contribution in [0.3, 0.4) is 0 Å². The summed E-state index contributed by atoms with van der Waals surface area (Å²) in [6.45, 7) is -4.53. The van der Waals surface area contributed by atoms with Crippen molar-refractivity contribution in [1.82, 2.24) is 0 Å². The van der Waals surface area contributed by atoms with Crippen LogP contribution >= 0.6 is 18.2 Å². The SMILES string of the molecule is O=P(O)(O)Sc1cccc(O)c1C(O)(O)CCCc1cccc(O)c1. The molecule has 0 radical (unpaired) electrons. The quantitative estimate of drug-likeness (QED) is 0.315. The summed E-state index contributed by atoms with van der Waals surface area (Å²) in [7, 11) is 0. The van der Waals surface area contributed by atoms with Crippen molar-refractivity contribution in [3.63, 3.8) is 0 Å². The van der Waals surface area contributed by atoms with Crippen LogP contribution in [-0.2, 0) is 16.8 Å². The highest BCUT2D eigenvalue weighted by Gasteiger charge is 2.33. The molecule has 2 aromatic carbocycles. The number of aryl methyl sites for hydroxylation is 1. The number of rotatable bonds is 7. The van der Waals surface area contributed by atoms with E-state index in [-0.39, 0.29) is 34.0 Å². The van der Waals surface area contributed by atoms with Crippen molar-refractivity contribution in [3.05, 3.63) is 53.6 Å². The molecule has 136 valence electrons. The standard InChI is InChI=1S/C16H19O7PS/c17-12-6-1-4-11(10-12)5-3-9-16(19,20)15-13(18)7-2-8-14(15)25-24(21,22)23/h1-2,4,6-8,10,17-20H,3,5,9H2,(H2,21,22,23). The molecule has 0 amide bonds. The van der Waals surface area contributed by atoms with E-state index in [1.165, 1.54) is 24.3 Å². The van der Waals surface area contributed by atoms with E-state index < -0.39 is 18.3 Å². The maximum absolute atomic E-state index is 11.2. The average molecular weight is 386 g/mol. The lowest BCUT2D eigenvalue weighted by atomic mass is 9.97. The van der Waals surface area contributed by atoms with Gasteiger partial charge in [0.05, 0.1) is 5.56 Å². The molecule has 0 aliphatic carbocycles. The van der Waals surface area contributed by atoms with Gasteiger partial charge in [-0.1, -0.05) is 18.2 Å². The first-order valence-corrected chi connectivity index (χ1v) is 10.4. The largest absolute Gasteiger partial charge is 0.508 e. The zero-order valence-electron chi connectivity index (χ0n) is 13.1. The van der Waals surface area contributed by atoms with Gasteiger partial charge in [0.15, 0.2) is 5.79 Å². The van der Waals surface area contributed by atoms with Crippen LogP contribution in [0.15, 0.2) is 47.4 Å². The lowest BCUT2D eigenvalue weighted by Crippen LogP contribution is -2.26. The number of benzene rings is 2. The second-order valence-corrected chi connectivity index (χ2v) is 9.15. The Kier molecular flexibility index (Phi) is 6.16. The molecule has 0 saturated carbocycles. The summed E-state index contributed by atoms with van der Waals surface area (Å²) in [6.07, 6.45) is 0.589. The van der Waals surface area contributed by atoms with Crippen LogP contribution in [0.2, 0.25) is 0 Å². The normalized spacial score (nSPS) is 12.3. The molecule has 0 aliphatic heterocycles. The van der Waals surface area contributed by atoms with E-state index in [0.29, 0.717) is 12.8 Å². The monoisotopic (exact) mass is 386 g/mol. The minimum atomic E-state index is -4.53. The Morgan fingerprint density at radius 3 is 2.36 bits per heavy atom. The third kappa shape index (κ3) is 5.74. The van der Waals surface area contributed by atoms with Gasteiger partial charge in [0.1, 0.15) is 11.5 Å². The molecule has 9 heteroatoms. The Labute approximate surface area is 148 Å². The minimum Gasteiger partial charge on any atom is -0.508 e. The van der Waals surface area contributed by atoms with Gasteiger partial charge in [-0.2, -0.15) is 0 Å². The van der Waals surface area contributed by atoms with Crippen molar-refractivity contribution in [1.29, 1.82) is 0 Å². The van der Waals surface area contributed by atoms with Gasteiger partial charge in [-0.25, -0.2) is 4.57 Å². The molecule has 0 saturated heterocycles. The van der Waals surface area contributed by atoms with Gasteiger partial charge in [0.2, 0.25) is 0 Å². The van der Waals surface area contributed by atoms with Crippen molar-refractivity contribution >= 4 is 18.2 Å². The van der Waals surface area contributed by atoms with Gasteiger partial charge in [0, 0.05) is 11.3 Å². The van der Waals surface area contributed by atoms with Crippen LogP contribution in [0, 0.1) is 0 Å². The van der Waals surface area contributed by atoms with Crippen molar-refractivity contribution in [2.75, 3.05) is 0 Å². The molecule has 25 heavy (non-hydrogen) atoms. The van der Waals surface area contributed by atoms with Gasteiger partial charge in [0.25, 0.3) is 0 Å². The lowest BCUT2D eigenvalue weighted by Gasteiger charge is -2.25. The van der Waals surface area contributed by atoms with E-state index in [2.05, 4.69) is 0 Å². The van der Waals surface area contributed by atoms with E-state index in [9.17, 15) is 25.0 Å². The fraction of sp³-hybridized carbons (Fsp3) is 0.250. The summed E-state index contributed by atoms with van der Waals surface area (Å²) in [5.74, 6) is -2.81. The molecule has 2 rings (SSSR count). The van der Waals surface area contributed by atoms with Crippen LogP contribution in [0.1, 0.15) is 24.0 Å². The fourth-order valence-electron chi connectivity index (χ4n) is 2.50. The molecule has 0 aromatic heterocycles. The molecular weight excluding hydrogens is 367 g/mol. The second kappa shape index (κ2) is 7.78. The highest BCUT2D eigenvalue weighted by Crippen LogP contribution is 2.57. The molecule has 7 nitrogen and oxygen atoms in total.